The zero-order chi connectivity index (χ0) is 18.1. The van der Waals surface area contributed by atoms with Gasteiger partial charge >= 0.3 is 0 Å². The Bertz CT molecular complexity index is 634. The number of hydrogen-bond donors (Lipinski definition) is 0. The summed E-state index contributed by atoms with van der Waals surface area (Å²) in [6.45, 7) is 10.1. The lowest BCUT2D eigenvalue weighted by atomic mass is 10.0. The van der Waals surface area contributed by atoms with Crippen molar-refractivity contribution in [1.29, 1.82) is 0 Å². The smallest absolute Gasteiger partial charge is 0.276 e. The lowest BCUT2D eigenvalue weighted by Crippen LogP contribution is -2.48. The van der Waals surface area contributed by atoms with Gasteiger partial charge in [0.1, 0.15) is 5.76 Å². The highest BCUT2D eigenvalue weighted by Crippen LogP contribution is 2.32. The van der Waals surface area contributed by atoms with Gasteiger partial charge in [0.15, 0.2) is 5.69 Å². The minimum atomic E-state index is -0.137. The molecular formula is C19H29N3O3. The summed E-state index contributed by atoms with van der Waals surface area (Å²) in [7, 11) is 0. The molecule has 0 unspecified atom stereocenters. The Morgan fingerprint density at radius 2 is 2.04 bits per heavy atom. The highest BCUT2D eigenvalue weighted by Gasteiger charge is 2.37. The summed E-state index contributed by atoms with van der Waals surface area (Å²) in [6.07, 6.45) is 2.82. The highest BCUT2D eigenvalue weighted by molar-refractivity contribution is 5.93. The zero-order valence-corrected chi connectivity index (χ0v) is 15.7. The third-order valence-electron chi connectivity index (χ3n) is 5.25. The van der Waals surface area contributed by atoms with Crippen LogP contribution in [0.2, 0.25) is 0 Å². The van der Waals surface area contributed by atoms with Crippen molar-refractivity contribution < 1.29 is 14.1 Å². The van der Waals surface area contributed by atoms with Crippen LogP contribution in [-0.4, -0.2) is 52.4 Å². The summed E-state index contributed by atoms with van der Waals surface area (Å²) in [6, 6.07) is 1.79. The summed E-state index contributed by atoms with van der Waals surface area (Å²) in [5.41, 5.74) is 0.342. The fourth-order valence-electron chi connectivity index (χ4n) is 3.37. The standard InChI is InChI=1S/C19H29N3O3/c1-12(2)16-11-21(8-7-18(23)22(16)10-14-5-6-14)19(24)15-9-17(13(3)4)25-20-15/h9,12-14,16H,5-8,10-11H2,1-4H3/t16-/m0/s1. The molecule has 0 N–H and O–H groups in total. The maximum Gasteiger partial charge on any atom is 0.276 e. The van der Waals surface area contributed by atoms with Crippen molar-refractivity contribution >= 4 is 11.8 Å². The van der Waals surface area contributed by atoms with Crippen molar-refractivity contribution in [2.24, 2.45) is 11.8 Å². The Hall–Kier alpha value is -1.85. The predicted octanol–water partition coefficient (Wildman–Crippen LogP) is 2.91. The Morgan fingerprint density at radius 1 is 1.32 bits per heavy atom. The van der Waals surface area contributed by atoms with Crippen LogP contribution in [0.1, 0.15) is 69.1 Å². The van der Waals surface area contributed by atoms with Crippen LogP contribution in [-0.2, 0) is 4.79 Å². The Labute approximate surface area is 149 Å². The van der Waals surface area contributed by atoms with Crippen LogP contribution < -0.4 is 0 Å². The maximum atomic E-state index is 12.9. The first-order valence-corrected chi connectivity index (χ1v) is 9.42. The van der Waals surface area contributed by atoms with Gasteiger partial charge in [-0.1, -0.05) is 32.9 Å². The minimum Gasteiger partial charge on any atom is -0.360 e. The van der Waals surface area contributed by atoms with Crippen molar-refractivity contribution in [3.05, 3.63) is 17.5 Å². The molecule has 1 aliphatic carbocycles. The fourth-order valence-corrected chi connectivity index (χ4v) is 3.37. The molecule has 0 spiro atoms. The van der Waals surface area contributed by atoms with Crippen LogP contribution in [0.15, 0.2) is 10.6 Å². The van der Waals surface area contributed by atoms with Crippen molar-refractivity contribution in [2.45, 2.75) is 58.9 Å². The molecule has 2 heterocycles. The van der Waals surface area contributed by atoms with Gasteiger partial charge in [0.05, 0.1) is 6.04 Å². The molecule has 1 atom stereocenters. The van der Waals surface area contributed by atoms with Gasteiger partial charge in [-0.15, -0.1) is 0 Å². The zero-order valence-electron chi connectivity index (χ0n) is 15.7. The SMILES string of the molecule is CC(C)c1cc(C(=O)N2CCC(=O)N(CC3CC3)[C@H](C(C)C)C2)no1. The second-order valence-electron chi connectivity index (χ2n) is 8.07. The molecule has 1 aromatic rings. The van der Waals surface area contributed by atoms with Gasteiger partial charge in [-0.25, -0.2) is 0 Å². The number of hydrogen-bond acceptors (Lipinski definition) is 4. The van der Waals surface area contributed by atoms with Crippen LogP contribution in [0.5, 0.6) is 0 Å². The first-order chi connectivity index (χ1) is 11.9. The molecule has 138 valence electrons. The molecule has 1 saturated carbocycles. The monoisotopic (exact) mass is 347 g/mol. The lowest BCUT2D eigenvalue weighted by molar-refractivity contribution is -0.133. The molecule has 2 aliphatic rings. The van der Waals surface area contributed by atoms with E-state index in [4.69, 9.17) is 4.52 Å². The highest BCUT2D eigenvalue weighted by atomic mass is 16.5. The van der Waals surface area contributed by atoms with E-state index in [1.807, 2.05) is 18.7 Å². The average Bonchev–Trinajstić information content (AvgIpc) is 3.27. The van der Waals surface area contributed by atoms with Gasteiger partial charge in [-0.05, 0) is 24.7 Å². The molecule has 0 bridgehead atoms. The second-order valence-corrected chi connectivity index (χ2v) is 8.07. The van der Waals surface area contributed by atoms with Crippen molar-refractivity contribution in [3.8, 4) is 0 Å². The van der Waals surface area contributed by atoms with E-state index in [0.717, 1.165) is 6.54 Å². The van der Waals surface area contributed by atoms with E-state index in [9.17, 15) is 9.59 Å². The molecular weight excluding hydrogens is 318 g/mol. The molecule has 3 rings (SSSR count). The molecule has 2 fully saturated rings. The summed E-state index contributed by atoms with van der Waals surface area (Å²) >= 11 is 0. The van der Waals surface area contributed by atoms with Crippen LogP contribution in [0.4, 0.5) is 0 Å². The van der Waals surface area contributed by atoms with Crippen molar-refractivity contribution in [1.82, 2.24) is 15.0 Å². The topological polar surface area (TPSA) is 66.7 Å². The Kier molecular flexibility index (Phi) is 5.16. The van der Waals surface area contributed by atoms with E-state index >= 15 is 0 Å². The maximum absolute atomic E-state index is 12.9. The van der Waals surface area contributed by atoms with Crippen LogP contribution in [0.3, 0.4) is 0 Å². The van der Waals surface area contributed by atoms with Gasteiger partial charge in [0.25, 0.3) is 5.91 Å². The van der Waals surface area contributed by atoms with Gasteiger partial charge < -0.3 is 14.3 Å². The third-order valence-corrected chi connectivity index (χ3v) is 5.25. The quantitative estimate of drug-likeness (QED) is 0.821. The summed E-state index contributed by atoms with van der Waals surface area (Å²) in [5.74, 6) is 1.89. The second kappa shape index (κ2) is 7.18. The normalized spacial score (nSPS) is 22.0. The van der Waals surface area contributed by atoms with E-state index in [-0.39, 0.29) is 23.8 Å². The van der Waals surface area contributed by atoms with Crippen LogP contribution in [0.25, 0.3) is 0 Å². The van der Waals surface area contributed by atoms with Gasteiger partial charge in [0, 0.05) is 38.0 Å². The van der Waals surface area contributed by atoms with Crippen molar-refractivity contribution in [2.75, 3.05) is 19.6 Å². The first-order valence-electron chi connectivity index (χ1n) is 9.42. The van der Waals surface area contributed by atoms with Gasteiger partial charge in [-0.3, -0.25) is 9.59 Å². The summed E-state index contributed by atoms with van der Waals surface area (Å²) in [5, 5.41) is 3.94. The largest absolute Gasteiger partial charge is 0.360 e. The molecule has 25 heavy (non-hydrogen) atoms. The summed E-state index contributed by atoms with van der Waals surface area (Å²) in [4.78, 5) is 29.3. The molecule has 6 nitrogen and oxygen atoms in total. The van der Waals surface area contributed by atoms with Gasteiger partial charge in [0.2, 0.25) is 5.91 Å². The molecule has 0 radical (unpaired) electrons. The van der Waals surface area contributed by atoms with E-state index < -0.39 is 0 Å². The predicted molar refractivity (Wildman–Crippen MR) is 94.2 cm³/mol. The number of nitrogens with zero attached hydrogens (tertiary/aromatic N) is 3. The number of rotatable bonds is 5. The fraction of sp³-hybridized carbons (Fsp3) is 0.737. The van der Waals surface area contributed by atoms with E-state index in [2.05, 4.69) is 19.0 Å². The summed E-state index contributed by atoms with van der Waals surface area (Å²) < 4.78 is 5.27. The average molecular weight is 347 g/mol. The molecule has 0 aromatic carbocycles. The number of amides is 2. The number of carbonyl (C=O) groups is 2. The van der Waals surface area contributed by atoms with Crippen molar-refractivity contribution in [3.63, 3.8) is 0 Å². The molecule has 6 heteroatoms. The number of carbonyl (C=O) groups excluding carboxylic acids is 2. The molecule has 1 saturated heterocycles. The van der Waals surface area contributed by atoms with E-state index in [1.54, 1.807) is 11.0 Å². The van der Waals surface area contributed by atoms with E-state index in [1.165, 1.54) is 12.8 Å². The molecule has 1 aliphatic heterocycles. The Balaban J connectivity index is 1.77. The van der Waals surface area contributed by atoms with Crippen LogP contribution in [0, 0.1) is 11.8 Å². The Morgan fingerprint density at radius 3 is 2.60 bits per heavy atom. The van der Waals surface area contributed by atoms with Crippen LogP contribution >= 0.6 is 0 Å². The minimum absolute atomic E-state index is 0.0658. The molecule has 1 aromatic heterocycles. The van der Waals surface area contributed by atoms with E-state index in [0.29, 0.717) is 42.8 Å². The number of aromatic nitrogens is 1. The lowest BCUT2D eigenvalue weighted by Gasteiger charge is -2.34. The molecule has 2 amide bonds. The first kappa shape index (κ1) is 18.0. The van der Waals surface area contributed by atoms with Gasteiger partial charge in [-0.2, -0.15) is 0 Å². The third kappa shape index (κ3) is 4.05.